The number of benzene rings is 3. The fraction of sp³-hybridized carbons (Fsp3) is 0.0870. The summed E-state index contributed by atoms with van der Waals surface area (Å²) < 4.78 is 26.8. The van der Waals surface area contributed by atoms with Crippen LogP contribution in [-0.4, -0.2) is 24.4 Å². The molecule has 1 aliphatic rings. The van der Waals surface area contributed by atoms with E-state index in [0.29, 0.717) is 17.5 Å². The van der Waals surface area contributed by atoms with Gasteiger partial charge in [-0.2, -0.15) is 8.42 Å². The van der Waals surface area contributed by atoms with Crippen molar-refractivity contribution in [2.75, 3.05) is 4.31 Å². The van der Waals surface area contributed by atoms with E-state index < -0.39 is 22.0 Å². The minimum atomic E-state index is -4.01. The predicted octanol–water partition coefficient (Wildman–Crippen LogP) is 3.61. The molecule has 0 radical (unpaired) electrons. The molecule has 0 amide bonds. The van der Waals surface area contributed by atoms with Gasteiger partial charge >= 0.3 is 10.2 Å². The smallest absolute Gasteiger partial charge is 0.330 e. The second-order valence-corrected chi connectivity index (χ2v) is 8.69. The van der Waals surface area contributed by atoms with Crippen molar-refractivity contribution in [2.45, 2.75) is 12.3 Å². The monoisotopic (exact) mass is 436 g/mol. The van der Waals surface area contributed by atoms with Crippen LogP contribution in [0.15, 0.2) is 90.9 Å². The van der Waals surface area contributed by atoms with Crippen molar-refractivity contribution in [3.63, 3.8) is 0 Å². The number of aliphatic hydroxyl groups is 1. The summed E-state index contributed by atoms with van der Waals surface area (Å²) in [6, 6.07) is 22.9. The summed E-state index contributed by atoms with van der Waals surface area (Å²) in [6.07, 6.45) is 1.29. The van der Waals surface area contributed by atoms with Crippen molar-refractivity contribution in [3.05, 3.63) is 108 Å². The molecule has 1 heterocycles. The average Bonchev–Trinajstić information content (AvgIpc) is 3.04. The maximum Gasteiger partial charge on any atom is 0.330 e. The number of aromatic hydroxyl groups is 1. The topological polar surface area (TPSA) is 107 Å². The molecule has 0 spiro atoms. The molecular weight excluding hydrogens is 416 g/mol. The lowest BCUT2D eigenvalue weighted by Gasteiger charge is -2.19. The van der Waals surface area contributed by atoms with Gasteiger partial charge in [0.25, 0.3) is 0 Å². The van der Waals surface area contributed by atoms with E-state index in [2.05, 4.69) is 0 Å². The van der Waals surface area contributed by atoms with E-state index in [1.807, 2.05) is 53.3 Å². The Morgan fingerprint density at radius 3 is 2.16 bits per heavy atom. The molecular formula is C23H20N2O5S. The van der Waals surface area contributed by atoms with Crippen LogP contribution < -0.4 is 9.03 Å². The number of nitrogens with zero attached hydrogens (tertiary/aromatic N) is 1. The third kappa shape index (κ3) is 4.24. The second kappa shape index (κ2) is 8.16. The van der Waals surface area contributed by atoms with Crippen molar-refractivity contribution in [1.82, 2.24) is 4.72 Å². The number of phenols is 1. The van der Waals surface area contributed by atoms with Crippen molar-refractivity contribution >= 4 is 21.7 Å². The molecule has 8 heteroatoms. The molecule has 3 aromatic rings. The van der Waals surface area contributed by atoms with Crippen molar-refractivity contribution < 1.29 is 23.4 Å². The lowest BCUT2D eigenvalue weighted by molar-refractivity contribution is 0.0958. The number of phenolic OH excluding ortho intramolecular Hbond substituents is 1. The van der Waals surface area contributed by atoms with Crippen LogP contribution in [0, 0.1) is 0 Å². The highest BCUT2D eigenvalue weighted by Crippen LogP contribution is 2.34. The lowest BCUT2D eigenvalue weighted by Crippen LogP contribution is -2.29. The Hall–Kier alpha value is -3.78. The van der Waals surface area contributed by atoms with Crippen LogP contribution in [0.5, 0.6) is 5.75 Å². The Morgan fingerprint density at radius 2 is 1.58 bits per heavy atom. The van der Waals surface area contributed by atoms with E-state index >= 15 is 0 Å². The van der Waals surface area contributed by atoms with Gasteiger partial charge in [0.1, 0.15) is 11.4 Å². The minimum absolute atomic E-state index is 0.00838. The fourth-order valence-electron chi connectivity index (χ4n) is 3.56. The molecule has 1 aliphatic heterocycles. The van der Waals surface area contributed by atoms with Crippen LogP contribution in [-0.2, 0) is 16.6 Å². The summed E-state index contributed by atoms with van der Waals surface area (Å²) in [4.78, 5) is 13.2. The molecule has 0 bridgehead atoms. The number of anilines is 1. The van der Waals surface area contributed by atoms with Crippen LogP contribution in [0.25, 0.3) is 0 Å². The standard InChI is InChI=1S/C23H20N2O5S/c26-21-14-16(11-12-20(21)25-15-22(27)24-31(25,29)30)13-19(17-7-3-1-4-8-17)23(28)18-9-5-2-6-10-18/h1-12,14-15,19,24,26-27H,13H2. The van der Waals surface area contributed by atoms with Gasteiger partial charge in [0.15, 0.2) is 5.78 Å². The molecule has 7 nitrogen and oxygen atoms in total. The van der Waals surface area contributed by atoms with Crippen LogP contribution in [0.1, 0.15) is 27.4 Å². The maximum absolute atomic E-state index is 13.2. The van der Waals surface area contributed by atoms with E-state index in [0.717, 1.165) is 16.1 Å². The normalized spacial score (nSPS) is 15.7. The average molecular weight is 436 g/mol. The van der Waals surface area contributed by atoms with Crippen LogP contribution in [0.3, 0.4) is 0 Å². The minimum Gasteiger partial charge on any atom is -0.506 e. The molecule has 31 heavy (non-hydrogen) atoms. The predicted molar refractivity (Wildman–Crippen MR) is 117 cm³/mol. The van der Waals surface area contributed by atoms with Gasteiger partial charge in [0, 0.05) is 5.56 Å². The highest BCUT2D eigenvalue weighted by Gasteiger charge is 2.31. The number of rotatable bonds is 6. The van der Waals surface area contributed by atoms with Crippen LogP contribution >= 0.6 is 0 Å². The molecule has 0 saturated carbocycles. The Labute approximate surface area is 180 Å². The van der Waals surface area contributed by atoms with Crippen molar-refractivity contribution in [2.24, 2.45) is 0 Å². The summed E-state index contributed by atoms with van der Waals surface area (Å²) in [5.74, 6) is -1.35. The first-order valence-corrected chi connectivity index (χ1v) is 11.0. The summed E-state index contributed by atoms with van der Waals surface area (Å²) in [7, 11) is -4.01. The third-order valence-corrected chi connectivity index (χ3v) is 6.31. The van der Waals surface area contributed by atoms with Crippen LogP contribution in [0.4, 0.5) is 5.69 Å². The Balaban J connectivity index is 1.66. The van der Waals surface area contributed by atoms with E-state index in [-0.39, 0.29) is 17.2 Å². The van der Waals surface area contributed by atoms with Gasteiger partial charge in [0.2, 0.25) is 5.88 Å². The summed E-state index contributed by atoms with van der Waals surface area (Å²) in [5, 5.41) is 19.9. The van der Waals surface area contributed by atoms with Crippen LogP contribution in [0.2, 0.25) is 0 Å². The number of ketones is 1. The van der Waals surface area contributed by atoms with Gasteiger partial charge in [-0.05, 0) is 29.7 Å². The summed E-state index contributed by atoms with van der Waals surface area (Å²) >= 11 is 0. The van der Waals surface area contributed by atoms with Gasteiger partial charge in [-0.1, -0.05) is 66.7 Å². The highest BCUT2D eigenvalue weighted by atomic mass is 32.2. The number of carbonyl (C=O) groups is 1. The molecule has 0 aliphatic carbocycles. The summed E-state index contributed by atoms with van der Waals surface area (Å²) in [5.41, 5.74) is 2.09. The number of Topliss-reactive ketones (excluding diaryl/α,β-unsaturated/α-hetero) is 1. The molecule has 4 rings (SSSR count). The zero-order valence-electron chi connectivity index (χ0n) is 16.3. The molecule has 0 fully saturated rings. The first-order valence-electron chi connectivity index (χ1n) is 9.54. The number of hydrogen-bond donors (Lipinski definition) is 3. The third-order valence-electron chi connectivity index (χ3n) is 5.03. The number of hydrogen-bond acceptors (Lipinski definition) is 5. The van der Waals surface area contributed by atoms with Gasteiger partial charge in [-0.3, -0.25) is 4.79 Å². The number of aliphatic hydroxyl groups excluding tert-OH is 1. The molecule has 1 unspecified atom stereocenters. The van der Waals surface area contributed by atoms with Gasteiger partial charge in [-0.25, -0.2) is 9.03 Å². The van der Waals surface area contributed by atoms with Crippen molar-refractivity contribution in [3.8, 4) is 5.75 Å². The molecule has 3 N–H and O–H groups in total. The zero-order valence-corrected chi connectivity index (χ0v) is 17.2. The fourth-order valence-corrected chi connectivity index (χ4v) is 4.62. The molecule has 1 atom stereocenters. The van der Waals surface area contributed by atoms with Gasteiger partial charge in [0.05, 0.1) is 12.1 Å². The van der Waals surface area contributed by atoms with E-state index in [1.54, 1.807) is 18.2 Å². The zero-order chi connectivity index (χ0) is 22.0. The molecule has 0 saturated heterocycles. The molecule has 3 aromatic carbocycles. The lowest BCUT2D eigenvalue weighted by atomic mass is 9.85. The first-order chi connectivity index (χ1) is 14.8. The molecule has 0 aromatic heterocycles. The van der Waals surface area contributed by atoms with Gasteiger partial charge in [-0.15, -0.1) is 0 Å². The Morgan fingerprint density at radius 1 is 0.935 bits per heavy atom. The Bertz CT molecular complexity index is 1240. The number of nitrogens with one attached hydrogen (secondary N) is 1. The maximum atomic E-state index is 13.2. The van der Waals surface area contributed by atoms with E-state index in [9.17, 15) is 23.4 Å². The molecule has 158 valence electrons. The first kappa shape index (κ1) is 20.5. The SMILES string of the molecule is O=C(c1ccccc1)C(Cc1ccc(N2C=C(O)NS2(=O)=O)c(O)c1)c1ccccc1. The summed E-state index contributed by atoms with van der Waals surface area (Å²) in [6.45, 7) is 0. The van der Waals surface area contributed by atoms with E-state index in [4.69, 9.17) is 0 Å². The highest BCUT2D eigenvalue weighted by molar-refractivity contribution is 7.91. The Kier molecular flexibility index (Phi) is 5.39. The van der Waals surface area contributed by atoms with E-state index in [1.165, 1.54) is 12.1 Å². The quantitative estimate of drug-likeness (QED) is 0.512. The van der Waals surface area contributed by atoms with Crippen molar-refractivity contribution in [1.29, 1.82) is 0 Å². The second-order valence-electron chi connectivity index (χ2n) is 7.14. The van der Waals surface area contributed by atoms with Gasteiger partial charge < -0.3 is 10.2 Å². The largest absolute Gasteiger partial charge is 0.506 e. The number of carbonyl (C=O) groups excluding carboxylic acids is 1.